The van der Waals surface area contributed by atoms with Crippen molar-refractivity contribution in [1.29, 1.82) is 0 Å². The number of hydrogen-bond donors (Lipinski definition) is 2. The standard InChI is InChI=1S/C23H19ClN6O/c1-2-21(31)27-18-10-8-16(9-11-18)14-30-15-19(12-26-30)28-23-25-13-20(24)22(29-23)17-6-4-3-5-7-17/h2-13,15H,1,14H2,(H,27,31)(H,25,28,29). The maximum Gasteiger partial charge on any atom is 0.247 e. The first-order valence-corrected chi connectivity index (χ1v) is 9.88. The smallest absolute Gasteiger partial charge is 0.247 e. The van der Waals surface area contributed by atoms with Crippen LogP contribution in [0.3, 0.4) is 0 Å². The Hall–Kier alpha value is -3.97. The van der Waals surface area contributed by atoms with E-state index in [0.29, 0.717) is 28.9 Å². The topological polar surface area (TPSA) is 84.7 Å². The van der Waals surface area contributed by atoms with Gasteiger partial charge in [-0.15, -0.1) is 0 Å². The van der Waals surface area contributed by atoms with Crippen molar-refractivity contribution >= 4 is 34.8 Å². The third-order valence-electron chi connectivity index (χ3n) is 4.43. The van der Waals surface area contributed by atoms with Crippen molar-refractivity contribution in [2.24, 2.45) is 0 Å². The Bertz CT molecular complexity index is 1200. The van der Waals surface area contributed by atoms with Crippen molar-refractivity contribution in [2.45, 2.75) is 6.54 Å². The van der Waals surface area contributed by atoms with E-state index in [2.05, 4.69) is 32.3 Å². The van der Waals surface area contributed by atoms with Gasteiger partial charge in [0.05, 0.1) is 35.3 Å². The first-order valence-electron chi connectivity index (χ1n) is 9.50. The molecular weight excluding hydrogens is 412 g/mol. The number of nitrogens with one attached hydrogen (secondary N) is 2. The molecule has 154 valence electrons. The number of carbonyl (C=O) groups excluding carboxylic acids is 1. The average molecular weight is 431 g/mol. The van der Waals surface area contributed by atoms with Crippen LogP contribution in [0.25, 0.3) is 11.3 Å². The van der Waals surface area contributed by atoms with Crippen LogP contribution in [-0.2, 0) is 11.3 Å². The molecule has 0 saturated carbocycles. The second-order valence-electron chi connectivity index (χ2n) is 6.70. The number of anilines is 3. The van der Waals surface area contributed by atoms with Gasteiger partial charge in [0, 0.05) is 17.4 Å². The molecule has 2 N–H and O–H groups in total. The van der Waals surface area contributed by atoms with Gasteiger partial charge in [0.25, 0.3) is 0 Å². The second kappa shape index (κ2) is 9.23. The van der Waals surface area contributed by atoms with E-state index in [9.17, 15) is 4.79 Å². The molecule has 0 unspecified atom stereocenters. The molecule has 0 saturated heterocycles. The molecule has 0 atom stereocenters. The van der Waals surface area contributed by atoms with E-state index >= 15 is 0 Å². The summed E-state index contributed by atoms with van der Waals surface area (Å²) < 4.78 is 1.80. The molecule has 8 heteroatoms. The van der Waals surface area contributed by atoms with Crippen LogP contribution in [0.2, 0.25) is 5.02 Å². The predicted octanol–water partition coefficient (Wildman–Crippen LogP) is 4.91. The van der Waals surface area contributed by atoms with Crippen LogP contribution in [0.4, 0.5) is 17.3 Å². The summed E-state index contributed by atoms with van der Waals surface area (Å²) in [6.45, 7) is 4.02. The third kappa shape index (κ3) is 5.15. The highest BCUT2D eigenvalue weighted by atomic mass is 35.5. The number of rotatable bonds is 7. The third-order valence-corrected chi connectivity index (χ3v) is 4.71. The van der Waals surface area contributed by atoms with E-state index in [0.717, 1.165) is 16.8 Å². The normalized spacial score (nSPS) is 10.5. The molecule has 0 spiro atoms. The second-order valence-corrected chi connectivity index (χ2v) is 7.11. The summed E-state index contributed by atoms with van der Waals surface area (Å²) in [5.41, 5.74) is 4.10. The van der Waals surface area contributed by atoms with Gasteiger partial charge in [0.2, 0.25) is 11.9 Å². The van der Waals surface area contributed by atoms with Crippen LogP contribution in [0.15, 0.2) is 85.8 Å². The zero-order valence-corrected chi connectivity index (χ0v) is 17.3. The van der Waals surface area contributed by atoms with Crippen LogP contribution in [0, 0.1) is 0 Å². The molecule has 4 rings (SSSR count). The fourth-order valence-electron chi connectivity index (χ4n) is 2.94. The van der Waals surface area contributed by atoms with Gasteiger partial charge in [-0.2, -0.15) is 5.10 Å². The van der Waals surface area contributed by atoms with Gasteiger partial charge in [0.15, 0.2) is 0 Å². The molecule has 0 fully saturated rings. The van der Waals surface area contributed by atoms with Crippen molar-refractivity contribution < 1.29 is 4.79 Å². The summed E-state index contributed by atoms with van der Waals surface area (Å²) in [5.74, 6) is 0.195. The summed E-state index contributed by atoms with van der Waals surface area (Å²) in [6, 6.07) is 17.3. The number of hydrogen-bond acceptors (Lipinski definition) is 5. The molecule has 0 bridgehead atoms. The van der Waals surface area contributed by atoms with Crippen molar-refractivity contribution in [3.8, 4) is 11.3 Å². The Morgan fingerprint density at radius 3 is 2.58 bits per heavy atom. The van der Waals surface area contributed by atoms with Crippen LogP contribution >= 0.6 is 11.6 Å². The number of carbonyl (C=O) groups is 1. The minimum Gasteiger partial charge on any atom is -0.323 e. The summed E-state index contributed by atoms with van der Waals surface area (Å²) in [5, 5.41) is 10.8. The van der Waals surface area contributed by atoms with E-state index in [-0.39, 0.29) is 5.91 Å². The minimum atomic E-state index is -0.240. The number of amides is 1. The maximum absolute atomic E-state index is 11.4. The molecule has 0 aliphatic carbocycles. The first-order chi connectivity index (χ1) is 15.1. The Kier molecular flexibility index (Phi) is 6.05. The molecule has 4 aromatic rings. The van der Waals surface area contributed by atoms with Gasteiger partial charge in [-0.3, -0.25) is 9.48 Å². The highest BCUT2D eigenvalue weighted by Crippen LogP contribution is 2.26. The zero-order chi connectivity index (χ0) is 21.6. The van der Waals surface area contributed by atoms with E-state index in [1.165, 1.54) is 6.08 Å². The van der Waals surface area contributed by atoms with Gasteiger partial charge in [-0.05, 0) is 23.8 Å². The quantitative estimate of drug-likeness (QED) is 0.407. The number of halogens is 1. The summed E-state index contributed by atoms with van der Waals surface area (Å²) in [6.07, 6.45) is 6.39. The molecule has 0 aliphatic rings. The molecule has 0 radical (unpaired) electrons. The SMILES string of the molecule is C=CC(=O)Nc1ccc(Cn2cc(Nc3ncc(Cl)c(-c4ccccc4)n3)cn2)cc1. The Balaban J connectivity index is 1.44. The van der Waals surface area contributed by atoms with Crippen molar-refractivity contribution in [1.82, 2.24) is 19.7 Å². The van der Waals surface area contributed by atoms with Gasteiger partial charge >= 0.3 is 0 Å². The lowest BCUT2D eigenvalue weighted by Gasteiger charge is -2.07. The van der Waals surface area contributed by atoms with Crippen molar-refractivity contribution in [3.63, 3.8) is 0 Å². The van der Waals surface area contributed by atoms with E-state index in [4.69, 9.17) is 11.6 Å². The average Bonchev–Trinajstić information content (AvgIpc) is 3.23. The predicted molar refractivity (Wildman–Crippen MR) is 122 cm³/mol. The zero-order valence-electron chi connectivity index (χ0n) is 16.5. The van der Waals surface area contributed by atoms with Crippen molar-refractivity contribution in [3.05, 3.63) is 96.4 Å². The van der Waals surface area contributed by atoms with Crippen LogP contribution in [-0.4, -0.2) is 25.7 Å². The summed E-state index contributed by atoms with van der Waals surface area (Å²) >= 11 is 6.28. The lowest BCUT2D eigenvalue weighted by molar-refractivity contribution is -0.111. The van der Waals surface area contributed by atoms with E-state index in [1.807, 2.05) is 60.8 Å². The molecule has 31 heavy (non-hydrogen) atoms. The monoisotopic (exact) mass is 430 g/mol. The fourth-order valence-corrected chi connectivity index (χ4v) is 3.14. The maximum atomic E-state index is 11.4. The Labute approximate surface area is 184 Å². The van der Waals surface area contributed by atoms with Crippen LogP contribution in [0.1, 0.15) is 5.56 Å². The molecular formula is C23H19ClN6O. The fraction of sp³-hybridized carbons (Fsp3) is 0.0435. The lowest BCUT2D eigenvalue weighted by Crippen LogP contribution is -2.07. The highest BCUT2D eigenvalue weighted by Gasteiger charge is 2.09. The number of nitrogens with zero attached hydrogens (tertiary/aromatic N) is 4. The Morgan fingerprint density at radius 1 is 1.06 bits per heavy atom. The molecule has 0 aliphatic heterocycles. The molecule has 1 amide bonds. The van der Waals surface area contributed by atoms with E-state index in [1.54, 1.807) is 17.1 Å². The number of benzene rings is 2. The van der Waals surface area contributed by atoms with Gasteiger partial charge < -0.3 is 10.6 Å². The van der Waals surface area contributed by atoms with Crippen LogP contribution in [0.5, 0.6) is 0 Å². The lowest BCUT2D eigenvalue weighted by atomic mass is 10.1. The van der Waals surface area contributed by atoms with Gasteiger partial charge in [-0.25, -0.2) is 9.97 Å². The van der Waals surface area contributed by atoms with Gasteiger partial charge in [0.1, 0.15) is 0 Å². The largest absolute Gasteiger partial charge is 0.323 e. The molecule has 2 heterocycles. The Morgan fingerprint density at radius 2 is 1.84 bits per heavy atom. The van der Waals surface area contributed by atoms with Gasteiger partial charge in [-0.1, -0.05) is 60.6 Å². The minimum absolute atomic E-state index is 0.240. The molecule has 2 aromatic heterocycles. The molecule has 7 nitrogen and oxygen atoms in total. The highest BCUT2D eigenvalue weighted by molar-refractivity contribution is 6.32. The van der Waals surface area contributed by atoms with Crippen LogP contribution < -0.4 is 10.6 Å². The molecule has 2 aromatic carbocycles. The summed E-state index contributed by atoms with van der Waals surface area (Å²) in [7, 11) is 0. The number of aromatic nitrogens is 4. The van der Waals surface area contributed by atoms with Crippen molar-refractivity contribution in [2.75, 3.05) is 10.6 Å². The van der Waals surface area contributed by atoms with E-state index < -0.39 is 0 Å². The summed E-state index contributed by atoms with van der Waals surface area (Å²) in [4.78, 5) is 20.2. The first kappa shape index (κ1) is 20.3.